The monoisotopic (exact) mass is 365 g/mol. The minimum absolute atomic E-state index is 0.0583. The molecule has 27 heavy (non-hydrogen) atoms. The van der Waals surface area contributed by atoms with Gasteiger partial charge in [0.1, 0.15) is 5.75 Å². The van der Waals surface area contributed by atoms with Gasteiger partial charge < -0.3 is 9.64 Å². The minimum atomic E-state index is -0.463. The van der Waals surface area contributed by atoms with Crippen LogP contribution in [0.15, 0.2) is 36.4 Å². The summed E-state index contributed by atoms with van der Waals surface area (Å²) < 4.78 is 5.59. The third kappa shape index (κ3) is 2.86. The molecule has 0 unspecified atom stereocenters. The molecule has 0 radical (unpaired) electrons. The van der Waals surface area contributed by atoms with Gasteiger partial charge in [0, 0.05) is 30.4 Å². The first kappa shape index (κ1) is 17.9. The summed E-state index contributed by atoms with van der Waals surface area (Å²) in [6.07, 6.45) is 0.992. The Balaban J connectivity index is 1.54. The molecule has 0 bridgehead atoms. The molecule has 2 atom stereocenters. The quantitative estimate of drug-likeness (QED) is 0.863. The van der Waals surface area contributed by atoms with Gasteiger partial charge in [0.15, 0.2) is 0 Å². The van der Waals surface area contributed by atoms with Crippen LogP contribution in [0.5, 0.6) is 5.75 Å². The second kappa shape index (κ2) is 6.27. The Bertz CT molecular complexity index is 910. The number of ether oxygens (including phenoxy) is 1. The molecule has 5 nitrogen and oxygen atoms in total. The normalized spacial score (nSPS) is 23.9. The summed E-state index contributed by atoms with van der Waals surface area (Å²) in [5, 5.41) is 2.82. The molecule has 2 heterocycles. The van der Waals surface area contributed by atoms with Gasteiger partial charge in [-0.25, -0.2) is 4.79 Å². The van der Waals surface area contributed by atoms with Crippen LogP contribution in [-0.4, -0.2) is 37.8 Å². The number of aryl methyl sites for hydroxylation is 2. The minimum Gasteiger partial charge on any atom is -0.410 e. The fraction of sp³-hybridized carbons (Fsp3) is 0.409. The lowest BCUT2D eigenvalue weighted by molar-refractivity contribution is 0.215. The number of fused-ring (bicyclic) bond motifs is 3. The van der Waals surface area contributed by atoms with E-state index in [1.165, 1.54) is 16.8 Å². The van der Waals surface area contributed by atoms with E-state index in [1.54, 1.807) is 0 Å². The Morgan fingerprint density at radius 1 is 1.15 bits per heavy atom. The number of rotatable bonds is 2. The molecule has 0 aliphatic carbocycles. The van der Waals surface area contributed by atoms with Crippen molar-refractivity contribution in [1.82, 2.24) is 4.90 Å². The average molecular weight is 365 g/mol. The highest BCUT2D eigenvalue weighted by atomic mass is 16.6. The zero-order valence-corrected chi connectivity index (χ0v) is 16.7. The molecule has 1 fully saturated rings. The van der Waals surface area contributed by atoms with Crippen LogP contribution in [0.25, 0.3) is 0 Å². The van der Waals surface area contributed by atoms with Gasteiger partial charge in [0.25, 0.3) is 0 Å². The lowest BCUT2D eigenvalue weighted by Gasteiger charge is -2.32. The van der Waals surface area contributed by atoms with Crippen molar-refractivity contribution in [3.63, 3.8) is 0 Å². The van der Waals surface area contributed by atoms with E-state index in [1.807, 2.05) is 44.2 Å². The van der Waals surface area contributed by atoms with Gasteiger partial charge in [-0.15, -0.1) is 0 Å². The highest BCUT2D eigenvalue weighted by Crippen LogP contribution is 2.51. The molecule has 1 saturated heterocycles. The third-order valence-corrected chi connectivity index (χ3v) is 6.27. The zero-order valence-electron chi connectivity index (χ0n) is 16.7. The van der Waals surface area contributed by atoms with E-state index in [2.05, 4.69) is 42.2 Å². The predicted molar refractivity (Wildman–Crippen MR) is 109 cm³/mol. The van der Waals surface area contributed by atoms with Crippen LogP contribution >= 0.6 is 0 Å². The van der Waals surface area contributed by atoms with Crippen molar-refractivity contribution in [2.75, 3.05) is 30.9 Å². The van der Waals surface area contributed by atoms with E-state index in [0.717, 1.165) is 24.2 Å². The largest absolute Gasteiger partial charge is 0.417 e. The van der Waals surface area contributed by atoms with Crippen molar-refractivity contribution in [2.24, 2.45) is 0 Å². The molecule has 0 saturated carbocycles. The van der Waals surface area contributed by atoms with Gasteiger partial charge in [0.2, 0.25) is 0 Å². The highest BCUT2D eigenvalue weighted by Gasteiger charge is 2.52. The Hall–Kier alpha value is -2.53. The Labute approximate surface area is 160 Å². The molecule has 2 aliphatic rings. The van der Waals surface area contributed by atoms with E-state index < -0.39 is 6.09 Å². The van der Waals surface area contributed by atoms with Crippen molar-refractivity contribution >= 4 is 17.5 Å². The lowest BCUT2D eigenvalue weighted by Crippen LogP contribution is -2.45. The molecular weight excluding hydrogens is 338 g/mol. The standard InChI is InChI=1S/C22H27N3O2/c1-14-6-7-16(12-15(14)2)23-21(26)27-17-8-9-19-18(13-17)22(3)10-11-24(4)20(22)25(19)5/h6-9,12-13,20H,10-11H2,1-5H3,(H,23,26)/t20-,22+/m1/s1. The van der Waals surface area contributed by atoms with Crippen LogP contribution in [0.4, 0.5) is 16.2 Å². The summed E-state index contributed by atoms with van der Waals surface area (Å²) in [4.78, 5) is 17.1. The predicted octanol–water partition coefficient (Wildman–Crippen LogP) is 4.28. The van der Waals surface area contributed by atoms with Crippen molar-refractivity contribution in [1.29, 1.82) is 0 Å². The van der Waals surface area contributed by atoms with Crippen LogP contribution in [0.2, 0.25) is 0 Å². The molecule has 1 amide bonds. The number of hydrogen-bond donors (Lipinski definition) is 1. The van der Waals surface area contributed by atoms with E-state index in [9.17, 15) is 4.79 Å². The molecule has 2 aromatic carbocycles. The summed E-state index contributed by atoms with van der Waals surface area (Å²) in [5.41, 5.74) is 5.61. The van der Waals surface area contributed by atoms with Gasteiger partial charge in [-0.1, -0.05) is 13.0 Å². The molecule has 0 spiro atoms. The third-order valence-electron chi connectivity index (χ3n) is 6.27. The van der Waals surface area contributed by atoms with Crippen LogP contribution in [-0.2, 0) is 5.41 Å². The van der Waals surface area contributed by atoms with Crippen molar-refractivity contribution in [3.8, 4) is 5.75 Å². The lowest BCUT2D eigenvalue weighted by atomic mass is 9.81. The smallest absolute Gasteiger partial charge is 0.410 e. The molecule has 1 N–H and O–H groups in total. The second-order valence-electron chi connectivity index (χ2n) is 8.13. The fourth-order valence-corrected chi connectivity index (χ4v) is 4.69. The summed E-state index contributed by atoms with van der Waals surface area (Å²) >= 11 is 0. The number of amides is 1. The molecule has 142 valence electrons. The van der Waals surface area contributed by atoms with Crippen LogP contribution in [0.3, 0.4) is 0 Å². The van der Waals surface area contributed by atoms with Crippen molar-refractivity contribution < 1.29 is 9.53 Å². The number of carbonyl (C=O) groups excluding carboxylic acids is 1. The maximum absolute atomic E-state index is 12.4. The first-order valence-electron chi connectivity index (χ1n) is 9.43. The Morgan fingerprint density at radius 3 is 2.67 bits per heavy atom. The first-order chi connectivity index (χ1) is 12.8. The van der Waals surface area contributed by atoms with E-state index in [0.29, 0.717) is 11.9 Å². The van der Waals surface area contributed by atoms with Gasteiger partial charge >= 0.3 is 6.09 Å². The number of likely N-dealkylation sites (N-methyl/N-ethyl adjacent to an activating group) is 2. The maximum atomic E-state index is 12.4. The van der Waals surface area contributed by atoms with Crippen LogP contribution < -0.4 is 15.0 Å². The van der Waals surface area contributed by atoms with Crippen LogP contribution in [0.1, 0.15) is 30.0 Å². The van der Waals surface area contributed by atoms with Crippen LogP contribution in [0, 0.1) is 13.8 Å². The Morgan fingerprint density at radius 2 is 1.93 bits per heavy atom. The number of nitrogens with zero attached hydrogens (tertiary/aromatic N) is 2. The number of hydrogen-bond acceptors (Lipinski definition) is 4. The summed E-state index contributed by atoms with van der Waals surface area (Å²) in [6, 6.07) is 11.8. The highest BCUT2D eigenvalue weighted by molar-refractivity contribution is 5.86. The molecule has 4 rings (SSSR count). The van der Waals surface area contributed by atoms with E-state index >= 15 is 0 Å². The van der Waals surface area contributed by atoms with Gasteiger partial charge in [0.05, 0.1) is 6.17 Å². The topological polar surface area (TPSA) is 44.8 Å². The van der Waals surface area contributed by atoms with Gasteiger partial charge in [-0.05, 0) is 74.3 Å². The summed E-state index contributed by atoms with van der Waals surface area (Å²) in [6.45, 7) is 7.46. The molecule has 5 heteroatoms. The maximum Gasteiger partial charge on any atom is 0.417 e. The number of carbonyl (C=O) groups is 1. The zero-order chi connectivity index (χ0) is 19.3. The number of likely N-dealkylation sites (tertiary alicyclic amines) is 1. The number of anilines is 2. The SMILES string of the molecule is Cc1ccc(NC(=O)Oc2ccc3c(c2)[C@]2(C)CCN(C)[C@@H]2N3C)cc1C. The molecule has 0 aromatic heterocycles. The average Bonchev–Trinajstić information content (AvgIpc) is 3.04. The number of nitrogens with one attached hydrogen (secondary N) is 1. The van der Waals surface area contributed by atoms with Gasteiger partial charge in [-0.3, -0.25) is 10.2 Å². The molecule has 2 aromatic rings. The van der Waals surface area contributed by atoms with Gasteiger partial charge in [-0.2, -0.15) is 0 Å². The number of benzene rings is 2. The van der Waals surface area contributed by atoms with Crippen molar-refractivity contribution in [2.45, 2.75) is 38.8 Å². The fourth-order valence-electron chi connectivity index (χ4n) is 4.69. The Kier molecular flexibility index (Phi) is 4.15. The summed E-state index contributed by atoms with van der Waals surface area (Å²) in [7, 11) is 4.32. The summed E-state index contributed by atoms with van der Waals surface area (Å²) in [5.74, 6) is 0.583. The van der Waals surface area contributed by atoms with Crippen molar-refractivity contribution in [3.05, 3.63) is 53.1 Å². The van der Waals surface area contributed by atoms with E-state index in [-0.39, 0.29) is 5.41 Å². The van der Waals surface area contributed by atoms with E-state index in [4.69, 9.17) is 4.74 Å². The molecule has 2 aliphatic heterocycles. The second-order valence-corrected chi connectivity index (χ2v) is 8.13. The molecular formula is C22H27N3O2. The first-order valence-corrected chi connectivity index (χ1v) is 9.43.